The third-order valence-corrected chi connectivity index (χ3v) is 5.57. The van der Waals surface area contributed by atoms with E-state index in [0.29, 0.717) is 50.0 Å². The summed E-state index contributed by atoms with van der Waals surface area (Å²) < 4.78 is 24.4. The normalized spacial score (nSPS) is 10.6. The highest BCUT2D eigenvalue weighted by Gasteiger charge is 2.11. The molecule has 0 unspecified atom stereocenters. The number of anilines is 1. The van der Waals surface area contributed by atoms with Crippen LogP contribution in [-0.4, -0.2) is 35.5 Å². The molecule has 198 valence electrons. The summed E-state index contributed by atoms with van der Waals surface area (Å²) in [5.74, 6) is 2.75. The quantitative estimate of drug-likeness (QED) is 0.237. The monoisotopic (exact) mass is 515 g/mol. The minimum Gasteiger partial charge on any atom is -0.494 e. The molecule has 4 aromatic rings. The Morgan fingerprint density at radius 1 is 0.789 bits per heavy atom. The van der Waals surface area contributed by atoms with Gasteiger partial charge in [0.05, 0.1) is 38.2 Å². The number of rotatable bonds is 13. The van der Waals surface area contributed by atoms with Crippen molar-refractivity contribution >= 4 is 11.6 Å². The lowest BCUT2D eigenvalue weighted by Gasteiger charge is -2.12. The van der Waals surface area contributed by atoms with Crippen LogP contribution in [0, 0.1) is 0 Å². The number of benzene rings is 3. The third kappa shape index (κ3) is 7.29. The van der Waals surface area contributed by atoms with Crippen LogP contribution in [0.5, 0.6) is 23.0 Å². The minimum atomic E-state index is -0.216. The molecule has 0 aliphatic heterocycles. The predicted molar refractivity (Wildman–Crippen MR) is 146 cm³/mol. The smallest absolute Gasteiger partial charge is 0.255 e. The molecule has 8 nitrogen and oxygen atoms in total. The molecule has 0 radical (unpaired) electrons. The average Bonchev–Trinajstić information content (AvgIpc) is 3.37. The molecule has 1 aromatic heterocycles. The van der Waals surface area contributed by atoms with Crippen molar-refractivity contribution < 1.29 is 23.7 Å². The number of ether oxygens (including phenoxy) is 4. The van der Waals surface area contributed by atoms with Gasteiger partial charge in [-0.3, -0.25) is 9.48 Å². The van der Waals surface area contributed by atoms with Crippen molar-refractivity contribution in [1.29, 1.82) is 0 Å². The summed E-state index contributed by atoms with van der Waals surface area (Å²) >= 11 is 0. The largest absolute Gasteiger partial charge is 0.494 e. The molecule has 4 rings (SSSR count). The Morgan fingerprint density at radius 2 is 1.50 bits per heavy atom. The maximum atomic E-state index is 12.9. The molecule has 0 aliphatic carbocycles. The van der Waals surface area contributed by atoms with Crippen molar-refractivity contribution in [2.45, 2.75) is 33.9 Å². The molecule has 0 fully saturated rings. The molecule has 3 aromatic carbocycles. The van der Waals surface area contributed by atoms with Crippen LogP contribution < -0.4 is 24.3 Å². The van der Waals surface area contributed by atoms with Crippen LogP contribution in [-0.2, 0) is 13.2 Å². The highest BCUT2D eigenvalue weighted by atomic mass is 16.5. The van der Waals surface area contributed by atoms with Gasteiger partial charge in [-0.1, -0.05) is 18.2 Å². The molecule has 0 atom stereocenters. The number of hydrogen-bond donors (Lipinski definition) is 1. The van der Waals surface area contributed by atoms with Crippen LogP contribution in [0.15, 0.2) is 79.1 Å². The van der Waals surface area contributed by atoms with Crippen molar-refractivity contribution in [1.82, 2.24) is 9.78 Å². The maximum absolute atomic E-state index is 12.9. The van der Waals surface area contributed by atoms with Crippen LogP contribution >= 0.6 is 0 Å². The summed E-state index contributed by atoms with van der Waals surface area (Å²) in [7, 11) is 0. The van der Waals surface area contributed by atoms with Crippen molar-refractivity contribution in [3.8, 4) is 23.0 Å². The van der Waals surface area contributed by atoms with Gasteiger partial charge >= 0.3 is 0 Å². The number of hydrogen-bond acceptors (Lipinski definition) is 6. The van der Waals surface area contributed by atoms with Crippen LogP contribution in [0.25, 0.3) is 0 Å². The lowest BCUT2D eigenvalue weighted by Crippen LogP contribution is -2.12. The van der Waals surface area contributed by atoms with Crippen molar-refractivity contribution in [2.24, 2.45) is 0 Å². The van der Waals surface area contributed by atoms with E-state index in [1.54, 1.807) is 23.1 Å². The maximum Gasteiger partial charge on any atom is 0.255 e. The molecule has 0 spiro atoms. The topological polar surface area (TPSA) is 83.8 Å². The second-order valence-corrected chi connectivity index (χ2v) is 8.42. The van der Waals surface area contributed by atoms with Crippen molar-refractivity contribution in [2.75, 3.05) is 25.1 Å². The first-order valence-electron chi connectivity index (χ1n) is 12.7. The summed E-state index contributed by atoms with van der Waals surface area (Å²) in [6.45, 7) is 8.44. The molecular weight excluding hydrogens is 482 g/mol. The molecule has 38 heavy (non-hydrogen) atoms. The fourth-order valence-corrected chi connectivity index (χ4v) is 3.87. The summed E-state index contributed by atoms with van der Waals surface area (Å²) in [6, 6.07) is 20.7. The zero-order chi connectivity index (χ0) is 26.7. The predicted octanol–water partition coefficient (Wildman–Crippen LogP) is 5.96. The zero-order valence-electron chi connectivity index (χ0n) is 22.0. The van der Waals surface area contributed by atoms with Gasteiger partial charge in [0.2, 0.25) is 0 Å². The number of carbonyl (C=O) groups excluding carboxylic acids is 1. The van der Waals surface area contributed by atoms with E-state index >= 15 is 0 Å². The molecule has 1 N–H and O–H groups in total. The Bertz CT molecular complexity index is 1330. The number of carbonyl (C=O) groups is 1. The van der Waals surface area contributed by atoms with Gasteiger partial charge in [-0.15, -0.1) is 0 Å². The average molecular weight is 516 g/mol. The molecule has 1 heterocycles. The van der Waals surface area contributed by atoms with Crippen LogP contribution in [0.1, 0.15) is 42.3 Å². The molecular formula is C30H33N3O5. The van der Waals surface area contributed by atoms with E-state index < -0.39 is 0 Å². The van der Waals surface area contributed by atoms with E-state index in [1.807, 2.05) is 81.4 Å². The highest BCUT2D eigenvalue weighted by molar-refractivity contribution is 6.04. The van der Waals surface area contributed by atoms with E-state index in [1.165, 1.54) is 0 Å². The molecule has 8 heteroatoms. The van der Waals surface area contributed by atoms with Gasteiger partial charge in [-0.25, -0.2) is 0 Å². The summed E-state index contributed by atoms with van der Waals surface area (Å²) in [6.07, 6.45) is 3.43. The highest BCUT2D eigenvalue weighted by Crippen LogP contribution is 2.29. The van der Waals surface area contributed by atoms with Gasteiger partial charge in [0.15, 0.2) is 11.5 Å². The molecule has 1 amide bonds. The minimum absolute atomic E-state index is 0.216. The van der Waals surface area contributed by atoms with Gasteiger partial charge in [0, 0.05) is 11.8 Å². The Hall–Kier alpha value is -4.46. The van der Waals surface area contributed by atoms with Crippen molar-refractivity contribution in [3.05, 3.63) is 95.8 Å². The number of nitrogens with zero attached hydrogens (tertiary/aromatic N) is 2. The fourth-order valence-electron chi connectivity index (χ4n) is 3.87. The summed E-state index contributed by atoms with van der Waals surface area (Å²) in [4.78, 5) is 12.9. The summed E-state index contributed by atoms with van der Waals surface area (Å²) in [5.41, 5.74) is 3.06. The first-order chi connectivity index (χ1) is 18.6. The lowest BCUT2D eigenvalue weighted by molar-refractivity contribution is 0.102. The van der Waals surface area contributed by atoms with E-state index in [-0.39, 0.29) is 5.91 Å². The third-order valence-electron chi connectivity index (χ3n) is 5.57. The first-order valence-corrected chi connectivity index (χ1v) is 12.7. The van der Waals surface area contributed by atoms with E-state index in [2.05, 4.69) is 10.4 Å². The number of aromatic nitrogens is 2. The Labute approximate surface area is 223 Å². The second kappa shape index (κ2) is 13.2. The fraction of sp³-hybridized carbons (Fsp3) is 0.267. The second-order valence-electron chi connectivity index (χ2n) is 8.42. The van der Waals surface area contributed by atoms with Gasteiger partial charge < -0.3 is 24.3 Å². The van der Waals surface area contributed by atoms with Crippen LogP contribution in [0.2, 0.25) is 0 Å². The Balaban J connectivity index is 1.34. The number of amides is 1. The molecule has 0 saturated carbocycles. The van der Waals surface area contributed by atoms with E-state index in [0.717, 1.165) is 28.4 Å². The molecule has 0 saturated heterocycles. The Kier molecular flexibility index (Phi) is 9.23. The SMILES string of the molecule is CCOc1ccc(OCc2cccc(C(=O)Nc3cnn(Cc4ccc(OCC)c(OCC)c4)c3)c2)cc1. The van der Waals surface area contributed by atoms with Gasteiger partial charge in [0.1, 0.15) is 18.1 Å². The lowest BCUT2D eigenvalue weighted by atomic mass is 10.1. The molecule has 0 bridgehead atoms. The van der Waals surface area contributed by atoms with Crippen LogP contribution in [0.4, 0.5) is 5.69 Å². The van der Waals surface area contributed by atoms with Crippen molar-refractivity contribution in [3.63, 3.8) is 0 Å². The summed E-state index contributed by atoms with van der Waals surface area (Å²) in [5, 5.41) is 7.31. The van der Waals surface area contributed by atoms with Gasteiger partial charge in [0.25, 0.3) is 5.91 Å². The van der Waals surface area contributed by atoms with Crippen LogP contribution in [0.3, 0.4) is 0 Å². The van der Waals surface area contributed by atoms with E-state index in [9.17, 15) is 4.79 Å². The Morgan fingerprint density at radius 3 is 2.24 bits per heavy atom. The van der Waals surface area contributed by atoms with Gasteiger partial charge in [-0.05, 0) is 80.4 Å². The first kappa shape index (κ1) is 26.6. The van der Waals surface area contributed by atoms with Gasteiger partial charge in [-0.2, -0.15) is 5.10 Å². The van der Waals surface area contributed by atoms with E-state index in [4.69, 9.17) is 18.9 Å². The number of nitrogens with one attached hydrogen (secondary N) is 1. The molecule has 0 aliphatic rings. The zero-order valence-corrected chi connectivity index (χ0v) is 22.0. The standard InChI is InChI=1S/C30H33N3O5/c1-4-35-26-11-13-27(14-12-26)38-21-23-8-7-9-24(16-23)30(34)32-25-18-31-33(20-25)19-22-10-15-28(36-5-2)29(17-22)37-6-3/h7-18,20H,4-6,19,21H2,1-3H3,(H,32,34).